The zero-order valence-corrected chi connectivity index (χ0v) is 25.5. The van der Waals surface area contributed by atoms with E-state index in [0.29, 0.717) is 44.3 Å². The Hall–Kier alpha value is -4.96. The fraction of sp³-hybridized carbons (Fsp3) is 0.235. The highest BCUT2D eigenvalue weighted by Gasteiger charge is 2.35. The summed E-state index contributed by atoms with van der Waals surface area (Å²) < 4.78 is 23.6. The lowest BCUT2D eigenvalue weighted by atomic mass is 9.93. The van der Waals surface area contributed by atoms with Gasteiger partial charge in [0.2, 0.25) is 0 Å². The van der Waals surface area contributed by atoms with Crippen LogP contribution in [0.2, 0.25) is 0 Å². The molecule has 0 amide bonds. The molecule has 0 spiro atoms. The van der Waals surface area contributed by atoms with Gasteiger partial charge in [-0.2, -0.15) is 0 Å². The number of hydrogen-bond acceptors (Lipinski definition) is 9. The monoisotopic (exact) mass is 612 g/mol. The highest BCUT2D eigenvalue weighted by molar-refractivity contribution is 7.07. The van der Waals surface area contributed by atoms with Crippen LogP contribution < -0.4 is 24.4 Å². The molecule has 0 aliphatic carbocycles. The van der Waals surface area contributed by atoms with Crippen molar-refractivity contribution in [1.29, 1.82) is 0 Å². The third-order valence-corrected chi connectivity index (χ3v) is 7.68. The van der Waals surface area contributed by atoms with E-state index in [1.54, 1.807) is 42.7 Å². The van der Waals surface area contributed by atoms with Gasteiger partial charge >= 0.3 is 11.9 Å². The van der Waals surface area contributed by atoms with Crippen LogP contribution in [0.15, 0.2) is 94.2 Å². The number of nitrogens with zero attached hydrogens (tertiary/aromatic N) is 2. The van der Waals surface area contributed by atoms with E-state index >= 15 is 0 Å². The first-order valence-corrected chi connectivity index (χ1v) is 15.1. The summed E-state index contributed by atoms with van der Waals surface area (Å²) >= 11 is 1.23. The van der Waals surface area contributed by atoms with Crippen molar-refractivity contribution >= 4 is 35.0 Å². The molecule has 5 rings (SSSR count). The molecule has 0 radical (unpaired) electrons. The van der Waals surface area contributed by atoms with Crippen molar-refractivity contribution in [3.63, 3.8) is 0 Å². The van der Waals surface area contributed by atoms with E-state index in [9.17, 15) is 14.4 Å². The molecule has 226 valence electrons. The predicted molar refractivity (Wildman–Crippen MR) is 167 cm³/mol. The van der Waals surface area contributed by atoms with Crippen molar-refractivity contribution in [2.45, 2.75) is 26.8 Å². The van der Waals surface area contributed by atoms with Crippen LogP contribution in [0.1, 0.15) is 43.5 Å². The van der Waals surface area contributed by atoms with E-state index in [1.165, 1.54) is 11.3 Å². The zero-order chi connectivity index (χ0) is 31.1. The van der Waals surface area contributed by atoms with Gasteiger partial charge in [0.25, 0.3) is 5.56 Å². The van der Waals surface area contributed by atoms with Crippen LogP contribution in [-0.2, 0) is 19.1 Å². The first-order valence-electron chi connectivity index (χ1n) is 14.3. The highest BCUT2D eigenvalue weighted by Crippen LogP contribution is 2.35. The van der Waals surface area contributed by atoms with Crippen LogP contribution in [0.4, 0.5) is 0 Å². The van der Waals surface area contributed by atoms with Crippen LogP contribution in [0.3, 0.4) is 0 Å². The Morgan fingerprint density at radius 2 is 1.61 bits per heavy atom. The Morgan fingerprint density at radius 3 is 2.32 bits per heavy atom. The summed E-state index contributed by atoms with van der Waals surface area (Å²) in [6, 6.07) is 23.0. The summed E-state index contributed by atoms with van der Waals surface area (Å²) in [6.45, 7) is 6.10. The molecule has 44 heavy (non-hydrogen) atoms. The van der Waals surface area contributed by atoms with Gasteiger partial charge in [-0.25, -0.2) is 14.6 Å². The lowest BCUT2D eigenvalue weighted by Gasteiger charge is -2.26. The van der Waals surface area contributed by atoms with Gasteiger partial charge < -0.3 is 18.9 Å². The highest BCUT2D eigenvalue weighted by atomic mass is 32.1. The molecule has 4 aromatic rings. The van der Waals surface area contributed by atoms with Gasteiger partial charge in [-0.05, 0) is 62.2 Å². The van der Waals surface area contributed by atoms with E-state index < -0.39 is 18.0 Å². The summed E-state index contributed by atoms with van der Waals surface area (Å²) in [5.41, 5.74) is 2.56. The number of rotatable bonds is 11. The van der Waals surface area contributed by atoms with Crippen molar-refractivity contribution in [1.82, 2.24) is 4.57 Å². The van der Waals surface area contributed by atoms with Crippen molar-refractivity contribution in [2.75, 3.05) is 26.4 Å². The average Bonchev–Trinajstić information content (AvgIpc) is 3.34. The second-order valence-electron chi connectivity index (χ2n) is 9.60. The molecule has 0 unspecified atom stereocenters. The molecular formula is C34H32N2O7S. The van der Waals surface area contributed by atoms with E-state index in [1.807, 2.05) is 67.6 Å². The number of carbonyl (C=O) groups is 2. The SMILES string of the molecule is CCOC(=O)COc1cccc(/C=c2\sc3n(c2=O)[C@@H](c2ccc(OCC)cc2)C(C(=O)OCC)=C(c2ccccc2)N=3)c1. The van der Waals surface area contributed by atoms with Gasteiger partial charge in [0, 0.05) is 5.56 Å². The minimum absolute atomic E-state index is 0.166. The normalized spacial score (nSPS) is 14.4. The summed E-state index contributed by atoms with van der Waals surface area (Å²) in [5, 5.41) is 0. The number of esters is 2. The molecule has 9 nitrogen and oxygen atoms in total. The standard InChI is InChI=1S/C34H32N2O7S/c1-4-40-25-17-15-24(16-18-25)31-29(33(39)42-6-3)30(23-12-8-7-9-13-23)35-34-36(31)32(38)27(44-34)20-22-11-10-14-26(19-22)43-21-28(37)41-5-2/h7-20,31H,4-6,21H2,1-3H3/b27-20-/t31-/m0/s1. The van der Waals surface area contributed by atoms with Crippen molar-refractivity contribution < 1.29 is 28.5 Å². The van der Waals surface area contributed by atoms with Crippen LogP contribution in [0.5, 0.6) is 11.5 Å². The first-order chi connectivity index (χ1) is 21.4. The van der Waals surface area contributed by atoms with Crippen molar-refractivity contribution in [3.8, 4) is 11.5 Å². The van der Waals surface area contributed by atoms with E-state index in [-0.39, 0.29) is 31.0 Å². The van der Waals surface area contributed by atoms with Gasteiger partial charge in [0.05, 0.1) is 41.7 Å². The van der Waals surface area contributed by atoms with Crippen molar-refractivity contribution in [3.05, 3.63) is 121 Å². The smallest absolute Gasteiger partial charge is 0.344 e. The molecule has 0 saturated heterocycles. The molecule has 10 heteroatoms. The molecule has 2 heterocycles. The Kier molecular flexibility index (Phi) is 9.71. The molecular weight excluding hydrogens is 580 g/mol. The van der Waals surface area contributed by atoms with Gasteiger partial charge in [0.15, 0.2) is 11.4 Å². The second kappa shape index (κ2) is 14.0. The molecule has 1 atom stereocenters. The largest absolute Gasteiger partial charge is 0.494 e. The number of hydrogen-bond donors (Lipinski definition) is 0. The lowest BCUT2D eigenvalue weighted by molar-refractivity contribution is -0.145. The molecule has 1 aliphatic rings. The Morgan fingerprint density at radius 1 is 0.864 bits per heavy atom. The van der Waals surface area contributed by atoms with Crippen LogP contribution in [0.25, 0.3) is 11.8 Å². The molecule has 0 N–H and O–H groups in total. The quantitative estimate of drug-likeness (QED) is 0.233. The van der Waals surface area contributed by atoms with Gasteiger partial charge in [0.1, 0.15) is 11.5 Å². The summed E-state index contributed by atoms with van der Waals surface area (Å²) in [6.07, 6.45) is 1.74. The number of thiazole rings is 1. The van der Waals surface area contributed by atoms with E-state index in [2.05, 4.69) is 0 Å². The molecule has 0 fully saturated rings. The van der Waals surface area contributed by atoms with Gasteiger partial charge in [-0.3, -0.25) is 9.36 Å². The third-order valence-electron chi connectivity index (χ3n) is 6.70. The van der Waals surface area contributed by atoms with Gasteiger partial charge in [-0.1, -0.05) is 65.9 Å². The Labute approximate surface area is 258 Å². The second-order valence-corrected chi connectivity index (χ2v) is 10.6. The Bertz CT molecular complexity index is 1860. The number of aromatic nitrogens is 1. The maximum absolute atomic E-state index is 14.1. The average molecular weight is 613 g/mol. The fourth-order valence-electron chi connectivity index (χ4n) is 4.86. The minimum atomic E-state index is -0.794. The summed E-state index contributed by atoms with van der Waals surface area (Å²) in [4.78, 5) is 44.8. The summed E-state index contributed by atoms with van der Waals surface area (Å²) in [5.74, 6) is 0.128. The van der Waals surface area contributed by atoms with E-state index in [4.69, 9.17) is 23.9 Å². The van der Waals surface area contributed by atoms with Gasteiger partial charge in [-0.15, -0.1) is 0 Å². The molecule has 3 aromatic carbocycles. The maximum Gasteiger partial charge on any atom is 0.344 e. The molecule has 0 saturated carbocycles. The van der Waals surface area contributed by atoms with Crippen LogP contribution in [0, 0.1) is 0 Å². The number of fused-ring (bicyclic) bond motifs is 1. The molecule has 1 aliphatic heterocycles. The first kappa shape index (κ1) is 30.5. The van der Waals surface area contributed by atoms with Crippen molar-refractivity contribution in [2.24, 2.45) is 4.99 Å². The topological polar surface area (TPSA) is 105 Å². The fourth-order valence-corrected chi connectivity index (χ4v) is 5.86. The number of benzene rings is 3. The number of ether oxygens (including phenoxy) is 4. The van der Waals surface area contributed by atoms with Crippen LogP contribution in [-0.4, -0.2) is 42.9 Å². The summed E-state index contributed by atoms with van der Waals surface area (Å²) in [7, 11) is 0. The zero-order valence-electron chi connectivity index (χ0n) is 24.6. The maximum atomic E-state index is 14.1. The van der Waals surface area contributed by atoms with Crippen LogP contribution >= 0.6 is 11.3 Å². The molecule has 1 aromatic heterocycles. The lowest BCUT2D eigenvalue weighted by Crippen LogP contribution is -2.40. The Balaban J connectivity index is 1.67. The third kappa shape index (κ3) is 6.65. The van der Waals surface area contributed by atoms with E-state index in [0.717, 1.165) is 5.56 Å². The predicted octanol–water partition coefficient (Wildman–Crippen LogP) is 4.28. The molecule has 0 bridgehead atoms. The number of carbonyl (C=O) groups excluding carboxylic acids is 2. The minimum Gasteiger partial charge on any atom is -0.494 e.